The maximum absolute atomic E-state index is 12.6. The fourth-order valence-corrected chi connectivity index (χ4v) is 2.30. The van der Waals surface area contributed by atoms with Crippen molar-refractivity contribution in [2.24, 2.45) is 0 Å². The van der Waals surface area contributed by atoms with E-state index < -0.39 is 11.7 Å². The van der Waals surface area contributed by atoms with Crippen LogP contribution in [0.1, 0.15) is 31.1 Å². The predicted octanol–water partition coefficient (Wildman–Crippen LogP) is 3.69. The Morgan fingerprint density at radius 3 is 2.64 bits per heavy atom. The summed E-state index contributed by atoms with van der Waals surface area (Å²) in [5.74, 6) is -0.132. The first-order chi connectivity index (χ1) is 11.8. The normalized spacial score (nSPS) is 11.0. The molecule has 2 rings (SSSR count). The third-order valence-electron chi connectivity index (χ3n) is 3.34. The molecule has 2 aromatic rings. The highest BCUT2D eigenvalue weighted by molar-refractivity contribution is 5.91. The molecular formula is C19H23N3O3. The van der Waals surface area contributed by atoms with Crippen LogP contribution in [0.5, 0.6) is 0 Å². The topological polar surface area (TPSA) is 64.4 Å². The van der Waals surface area contributed by atoms with Crippen molar-refractivity contribution in [3.8, 4) is 0 Å². The van der Waals surface area contributed by atoms with Gasteiger partial charge in [0.2, 0.25) is 5.91 Å². The van der Waals surface area contributed by atoms with Crippen LogP contribution in [-0.4, -0.2) is 33.7 Å². The van der Waals surface area contributed by atoms with Gasteiger partial charge in [-0.15, -0.1) is 6.58 Å². The van der Waals surface area contributed by atoms with Crippen molar-refractivity contribution in [3.05, 3.63) is 61.2 Å². The number of ether oxygens (including phenoxy) is 1. The maximum Gasteiger partial charge on any atom is 0.415 e. The predicted molar refractivity (Wildman–Crippen MR) is 96.8 cm³/mol. The lowest BCUT2D eigenvalue weighted by Crippen LogP contribution is -2.37. The average Bonchev–Trinajstić information content (AvgIpc) is 3.06. The Morgan fingerprint density at radius 2 is 2.04 bits per heavy atom. The van der Waals surface area contributed by atoms with Gasteiger partial charge < -0.3 is 4.74 Å². The summed E-state index contributed by atoms with van der Waals surface area (Å²) in [7, 11) is 0. The molecule has 0 spiro atoms. The van der Waals surface area contributed by atoms with Gasteiger partial charge in [0.05, 0.1) is 12.1 Å². The lowest BCUT2D eigenvalue weighted by Gasteiger charge is -2.28. The number of carbonyl (C=O) groups excluding carboxylic acids is 2. The van der Waals surface area contributed by atoms with Crippen LogP contribution in [0.15, 0.2) is 55.6 Å². The Balaban J connectivity index is 2.30. The van der Waals surface area contributed by atoms with E-state index in [0.29, 0.717) is 5.69 Å². The molecule has 0 N–H and O–H groups in total. The monoisotopic (exact) mass is 341 g/mol. The zero-order valence-electron chi connectivity index (χ0n) is 14.8. The van der Waals surface area contributed by atoms with Gasteiger partial charge in [0, 0.05) is 18.9 Å². The maximum atomic E-state index is 12.6. The van der Waals surface area contributed by atoms with E-state index in [9.17, 15) is 9.59 Å². The average molecular weight is 341 g/mol. The molecule has 0 saturated carbocycles. The Hall–Kier alpha value is -2.89. The molecule has 132 valence electrons. The smallest absolute Gasteiger partial charge is 0.415 e. The summed E-state index contributed by atoms with van der Waals surface area (Å²) in [6.07, 6.45) is 5.89. The highest BCUT2D eigenvalue weighted by Gasteiger charge is 2.24. The van der Waals surface area contributed by atoms with Gasteiger partial charge in [0.1, 0.15) is 11.9 Å². The Labute approximate surface area is 147 Å². The number of nitrogens with zero attached hydrogens (tertiary/aromatic N) is 3. The molecule has 0 radical (unpaired) electrons. The number of aromatic nitrogens is 2. The van der Waals surface area contributed by atoms with Gasteiger partial charge in [0.25, 0.3) is 0 Å². The van der Waals surface area contributed by atoms with E-state index in [1.54, 1.807) is 24.5 Å². The Kier molecular flexibility index (Phi) is 5.75. The van der Waals surface area contributed by atoms with E-state index >= 15 is 0 Å². The second kappa shape index (κ2) is 7.79. The van der Waals surface area contributed by atoms with Crippen LogP contribution >= 0.6 is 0 Å². The zero-order chi connectivity index (χ0) is 18.4. The molecule has 0 unspecified atom stereocenters. The van der Waals surface area contributed by atoms with Gasteiger partial charge in [-0.2, -0.15) is 0 Å². The van der Waals surface area contributed by atoms with Crippen molar-refractivity contribution in [3.63, 3.8) is 0 Å². The number of amides is 1. The fourth-order valence-electron chi connectivity index (χ4n) is 2.30. The SMILES string of the molecule is C=CCN(C(=O)OC(C)(C)C)c1ccccc1CC(=O)n1ccnc1. The van der Waals surface area contributed by atoms with Crippen LogP contribution in [0.25, 0.3) is 0 Å². The minimum atomic E-state index is -0.613. The summed E-state index contributed by atoms with van der Waals surface area (Å²) in [5.41, 5.74) is 0.747. The van der Waals surface area contributed by atoms with E-state index in [1.807, 2.05) is 39.0 Å². The van der Waals surface area contributed by atoms with E-state index in [0.717, 1.165) is 5.56 Å². The molecule has 1 aromatic heterocycles. The molecule has 0 saturated heterocycles. The van der Waals surface area contributed by atoms with E-state index in [2.05, 4.69) is 11.6 Å². The quantitative estimate of drug-likeness (QED) is 0.778. The molecule has 1 aromatic carbocycles. The van der Waals surface area contributed by atoms with Crippen LogP contribution in [-0.2, 0) is 11.2 Å². The summed E-state index contributed by atoms with van der Waals surface area (Å²) >= 11 is 0. The number of benzene rings is 1. The third-order valence-corrected chi connectivity index (χ3v) is 3.34. The van der Waals surface area contributed by atoms with Crippen molar-refractivity contribution in [2.45, 2.75) is 32.8 Å². The highest BCUT2D eigenvalue weighted by Crippen LogP contribution is 2.24. The van der Waals surface area contributed by atoms with Crippen molar-refractivity contribution in [2.75, 3.05) is 11.4 Å². The van der Waals surface area contributed by atoms with Crippen LogP contribution in [0, 0.1) is 0 Å². The minimum absolute atomic E-state index is 0.132. The fraction of sp³-hybridized carbons (Fsp3) is 0.316. The van der Waals surface area contributed by atoms with Crippen LogP contribution < -0.4 is 4.90 Å². The summed E-state index contributed by atoms with van der Waals surface area (Å²) < 4.78 is 6.90. The second-order valence-electron chi connectivity index (χ2n) is 6.55. The number of hydrogen-bond donors (Lipinski definition) is 0. The van der Waals surface area contributed by atoms with E-state index in [4.69, 9.17) is 4.74 Å². The van der Waals surface area contributed by atoms with Gasteiger partial charge in [0.15, 0.2) is 0 Å². The van der Waals surface area contributed by atoms with Crippen molar-refractivity contribution in [1.29, 1.82) is 0 Å². The van der Waals surface area contributed by atoms with Crippen molar-refractivity contribution in [1.82, 2.24) is 9.55 Å². The lowest BCUT2D eigenvalue weighted by atomic mass is 10.1. The summed E-state index contributed by atoms with van der Waals surface area (Å²) in [6, 6.07) is 7.27. The molecule has 0 aliphatic carbocycles. The van der Waals surface area contributed by atoms with E-state index in [1.165, 1.54) is 15.8 Å². The number of carbonyl (C=O) groups is 2. The molecule has 25 heavy (non-hydrogen) atoms. The molecular weight excluding hydrogens is 318 g/mol. The molecule has 1 amide bonds. The number of hydrogen-bond acceptors (Lipinski definition) is 4. The number of anilines is 1. The zero-order valence-corrected chi connectivity index (χ0v) is 14.8. The van der Waals surface area contributed by atoms with Crippen molar-refractivity contribution < 1.29 is 14.3 Å². The number of rotatable bonds is 5. The van der Waals surface area contributed by atoms with Crippen LogP contribution in [0.4, 0.5) is 10.5 Å². The lowest BCUT2D eigenvalue weighted by molar-refractivity contribution is 0.0583. The van der Waals surface area contributed by atoms with E-state index in [-0.39, 0.29) is 18.9 Å². The molecule has 0 bridgehead atoms. The number of para-hydroxylation sites is 1. The van der Waals surface area contributed by atoms with Gasteiger partial charge in [-0.3, -0.25) is 14.3 Å². The first-order valence-corrected chi connectivity index (χ1v) is 8.02. The van der Waals surface area contributed by atoms with Gasteiger partial charge in [-0.25, -0.2) is 9.78 Å². The molecule has 0 aliphatic heterocycles. The highest BCUT2D eigenvalue weighted by atomic mass is 16.6. The molecule has 1 heterocycles. The second-order valence-corrected chi connectivity index (χ2v) is 6.55. The summed E-state index contributed by atoms with van der Waals surface area (Å²) in [5, 5.41) is 0. The van der Waals surface area contributed by atoms with Crippen LogP contribution in [0.2, 0.25) is 0 Å². The third kappa shape index (κ3) is 5.04. The molecule has 0 aliphatic rings. The minimum Gasteiger partial charge on any atom is -0.443 e. The Bertz CT molecular complexity index is 746. The first-order valence-electron chi connectivity index (χ1n) is 8.02. The largest absolute Gasteiger partial charge is 0.443 e. The molecule has 0 fully saturated rings. The van der Waals surface area contributed by atoms with Crippen LogP contribution in [0.3, 0.4) is 0 Å². The van der Waals surface area contributed by atoms with Gasteiger partial charge in [-0.1, -0.05) is 24.3 Å². The standard InChI is InChI=1S/C19H23N3O3/c1-5-11-22(18(24)25-19(2,3)4)16-9-7-6-8-15(16)13-17(23)21-12-10-20-14-21/h5-10,12,14H,1,11,13H2,2-4H3. The molecule has 6 heteroatoms. The number of imidazole rings is 1. The van der Waals surface area contributed by atoms with Crippen molar-refractivity contribution >= 4 is 17.7 Å². The Morgan fingerprint density at radius 1 is 1.32 bits per heavy atom. The summed E-state index contributed by atoms with van der Waals surface area (Å²) in [6.45, 7) is 9.42. The molecule has 0 atom stereocenters. The van der Waals surface area contributed by atoms with Gasteiger partial charge >= 0.3 is 6.09 Å². The molecule has 6 nitrogen and oxygen atoms in total. The first kappa shape index (κ1) is 18.4. The summed E-state index contributed by atoms with van der Waals surface area (Å²) in [4.78, 5) is 30.3. The van der Waals surface area contributed by atoms with Gasteiger partial charge in [-0.05, 0) is 32.4 Å².